The summed E-state index contributed by atoms with van der Waals surface area (Å²) in [4.78, 5) is 29.7. The third kappa shape index (κ3) is 3.97. The van der Waals surface area contributed by atoms with Gasteiger partial charge in [-0.25, -0.2) is 14.6 Å². The highest BCUT2D eigenvalue weighted by molar-refractivity contribution is 5.86. The van der Waals surface area contributed by atoms with E-state index in [1.807, 2.05) is 0 Å². The van der Waals surface area contributed by atoms with Gasteiger partial charge in [0.05, 0.1) is 6.33 Å². The summed E-state index contributed by atoms with van der Waals surface area (Å²) in [6.07, 6.45) is 4.55. The van der Waals surface area contributed by atoms with Gasteiger partial charge in [0.15, 0.2) is 0 Å². The van der Waals surface area contributed by atoms with E-state index in [2.05, 4.69) is 20.6 Å². The van der Waals surface area contributed by atoms with E-state index in [1.165, 1.54) is 0 Å². The summed E-state index contributed by atoms with van der Waals surface area (Å²) in [6, 6.07) is -0.467. The molecule has 106 valence electrons. The first-order chi connectivity index (χ1) is 9.04. The fraction of sp³-hybridized carbons (Fsp3) is 0.583. The average molecular weight is 268 g/mol. The molecule has 1 heterocycles. The maximum atomic E-state index is 11.7. The molecule has 0 bridgehead atoms. The Labute approximate surface area is 111 Å². The summed E-state index contributed by atoms with van der Waals surface area (Å²) in [5.74, 6) is -1.01. The van der Waals surface area contributed by atoms with Crippen LogP contribution in [-0.4, -0.2) is 39.2 Å². The van der Waals surface area contributed by atoms with Crippen LogP contribution in [-0.2, 0) is 11.2 Å². The zero-order chi connectivity index (χ0) is 14.3. The molecule has 0 unspecified atom stereocenters. The number of H-pyrrole nitrogens is 1. The van der Waals surface area contributed by atoms with Crippen LogP contribution in [0.15, 0.2) is 12.5 Å². The second-order valence-corrected chi connectivity index (χ2v) is 4.30. The van der Waals surface area contributed by atoms with Crippen molar-refractivity contribution < 1.29 is 14.7 Å². The smallest absolute Gasteiger partial charge is 0.329 e. The number of amides is 2. The monoisotopic (exact) mass is 268 g/mol. The molecule has 1 aromatic rings. The fourth-order valence-electron chi connectivity index (χ4n) is 1.78. The van der Waals surface area contributed by atoms with E-state index < -0.39 is 17.5 Å². The van der Waals surface area contributed by atoms with Crippen molar-refractivity contribution in [1.82, 2.24) is 20.6 Å². The van der Waals surface area contributed by atoms with Gasteiger partial charge in [-0.05, 0) is 12.8 Å². The molecule has 7 nitrogen and oxygen atoms in total. The minimum absolute atomic E-state index is 0.340. The first-order valence-electron chi connectivity index (χ1n) is 6.30. The number of aromatic nitrogens is 2. The molecule has 0 fully saturated rings. The lowest BCUT2D eigenvalue weighted by atomic mass is 9.93. The number of nitrogens with zero attached hydrogens (tertiary/aromatic N) is 1. The Balaban J connectivity index is 2.43. The maximum absolute atomic E-state index is 11.7. The van der Waals surface area contributed by atoms with Gasteiger partial charge in [-0.15, -0.1) is 0 Å². The number of hydrogen-bond acceptors (Lipinski definition) is 3. The Morgan fingerprint density at radius 2 is 2.11 bits per heavy atom. The normalized spacial score (nSPS) is 11.1. The molecular weight excluding hydrogens is 248 g/mol. The minimum atomic E-state index is -1.20. The highest BCUT2D eigenvalue weighted by Crippen LogP contribution is 2.15. The summed E-state index contributed by atoms with van der Waals surface area (Å²) >= 11 is 0. The lowest BCUT2D eigenvalue weighted by molar-refractivity contribution is -0.144. The van der Waals surface area contributed by atoms with Crippen molar-refractivity contribution in [1.29, 1.82) is 0 Å². The Kier molecular flexibility index (Phi) is 5.35. The van der Waals surface area contributed by atoms with Gasteiger partial charge in [-0.1, -0.05) is 13.8 Å². The topological polar surface area (TPSA) is 107 Å². The first-order valence-corrected chi connectivity index (χ1v) is 6.30. The van der Waals surface area contributed by atoms with Crippen molar-refractivity contribution in [3.05, 3.63) is 18.2 Å². The Bertz CT molecular complexity index is 413. The van der Waals surface area contributed by atoms with Crippen LogP contribution in [0, 0.1) is 0 Å². The molecule has 0 saturated heterocycles. The van der Waals surface area contributed by atoms with Crippen molar-refractivity contribution in [3.63, 3.8) is 0 Å². The molecular formula is C12H20N4O3. The van der Waals surface area contributed by atoms with Gasteiger partial charge >= 0.3 is 12.0 Å². The van der Waals surface area contributed by atoms with Crippen molar-refractivity contribution >= 4 is 12.0 Å². The number of carbonyl (C=O) groups is 2. The third-order valence-electron chi connectivity index (χ3n) is 3.20. The van der Waals surface area contributed by atoms with Gasteiger partial charge in [0.1, 0.15) is 5.54 Å². The Hall–Kier alpha value is -2.05. The van der Waals surface area contributed by atoms with Crippen molar-refractivity contribution in [3.8, 4) is 0 Å². The molecule has 2 amide bonds. The second-order valence-electron chi connectivity index (χ2n) is 4.30. The number of carboxylic acids is 1. The molecule has 0 atom stereocenters. The van der Waals surface area contributed by atoms with Gasteiger partial charge in [-0.2, -0.15) is 0 Å². The van der Waals surface area contributed by atoms with Gasteiger partial charge < -0.3 is 20.7 Å². The SMILES string of the molecule is CCC(CC)(NC(=O)NCCc1cnc[nH]1)C(=O)O. The number of urea groups is 1. The standard InChI is InChI=1S/C12H20N4O3/c1-3-12(4-2,10(17)18)16-11(19)14-6-5-9-7-13-8-15-9/h7-8H,3-6H2,1-2H3,(H,13,15)(H,17,18)(H2,14,16,19). The van der Waals surface area contributed by atoms with E-state index in [-0.39, 0.29) is 0 Å². The predicted octanol–water partition coefficient (Wildman–Crippen LogP) is 0.895. The number of rotatable bonds is 7. The number of aromatic amines is 1. The van der Waals surface area contributed by atoms with Gasteiger partial charge in [0.2, 0.25) is 0 Å². The molecule has 1 aromatic heterocycles. The van der Waals surface area contributed by atoms with Gasteiger partial charge in [0, 0.05) is 24.9 Å². The quantitative estimate of drug-likeness (QED) is 0.589. The molecule has 0 radical (unpaired) electrons. The molecule has 0 spiro atoms. The van der Waals surface area contributed by atoms with Crippen LogP contribution in [0.3, 0.4) is 0 Å². The number of nitrogens with one attached hydrogen (secondary N) is 3. The largest absolute Gasteiger partial charge is 0.480 e. The zero-order valence-corrected chi connectivity index (χ0v) is 11.2. The van der Waals surface area contributed by atoms with Crippen molar-refractivity contribution in [2.24, 2.45) is 0 Å². The lowest BCUT2D eigenvalue weighted by Crippen LogP contribution is -2.56. The Morgan fingerprint density at radius 3 is 2.58 bits per heavy atom. The van der Waals surface area contributed by atoms with Crippen LogP contribution in [0.2, 0.25) is 0 Å². The molecule has 7 heteroatoms. The van der Waals surface area contributed by atoms with E-state index in [0.29, 0.717) is 25.8 Å². The van der Waals surface area contributed by atoms with E-state index >= 15 is 0 Å². The summed E-state index contributed by atoms with van der Waals surface area (Å²) in [6.45, 7) is 3.89. The van der Waals surface area contributed by atoms with Crippen LogP contribution >= 0.6 is 0 Å². The summed E-state index contributed by atoms with van der Waals surface area (Å²) < 4.78 is 0. The Morgan fingerprint density at radius 1 is 1.42 bits per heavy atom. The predicted molar refractivity (Wildman–Crippen MR) is 69.8 cm³/mol. The van der Waals surface area contributed by atoms with E-state index in [0.717, 1.165) is 5.69 Å². The summed E-state index contributed by atoms with van der Waals surface area (Å²) in [7, 11) is 0. The minimum Gasteiger partial charge on any atom is -0.480 e. The lowest BCUT2D eigenvalue weighted by Gasteiger charge is -2.28. The highest BCUT2D eigenvalue weighted by Gasteiger charge is 2.36. The molecule has 4 N–H and O–H groups in total. The fourth-order valence-corrected chi connectivity index (χ4v) is 1.78. The number of carbonyl (C=O) groups excluding carboxylic acids is 1. The van der Waals surface area contributed by atoms with Crippen LogP contribution in [0.1, 0.15) is 32.4 Å². The van der Waals surface area contributed by atoms with Crippen LogP contribution in [0.5, 0.6) is 0 Å². The highest BCUT2D eigenvalue weighted by atomic mass is 16.4. The molecule has 0 aliphatic heterocycles. The number of carboxylic acid groups (broad SMARTS) is 1. The molecule has 0 aromatic carbocycles. The van der Waals surface area contributed by atoms with Crippen molar-refractivity contribution in [2.45, 2.75) is 38.6 Å². The zero-order valence-electron chi connectivity index (χ0n) is 11.2. The second kappa shape index (κ2) is 6.77. The van der Waals surface area contributed by atoms with Crippen LogP contribution < -0.4 is 10.6 Å². The maximum Gasteiger partial charge on any atom is 0.329 e. The van der Waals surface area contributed by atoms with E-state index in [4.69, 9.17) is 0 Å². The molecule has 1 rings (SSSR count). The average Bonchev–Trinajstić information content (AvgIpc) is 2.89. The molecule has 0 aliphatic rings. The van der Waals surface area contributed by atoms with Crippen LogP contribution in [0.4, 0.5) is 4.79 Å². The summed E-state index contributed by atoms with van der Waals surface area (Å²) in [5.41, 5.74) is -0.284. The van der Waals surface area contributed by atoms with Crippen LogP contribution in [0.25, 0.3) is 0 Å². The van der Waals surface area contributed by atoms with E-state index in [1.54, 1.807) is 26.4 Å². The first kappa shape index (κ1) is 15.0. The number of hydrogen-bond donors (Lipinski definition) is 4. The summed E-state index contributed by atoms with van der Waals surface area (Å²) in [5, 5.41) is 14.4. The van der Waals surface area contributed by atoms with Gasteiger partial charge in [0.25, 0.3) is 0 Å². The van der Waals surface area contributed by atoms with E-state index in [9.17, 15) is 14.7 Å². The molecule has 0 aliphatic carbocycles. The molecule has 19 heavy (non-hydrogen) atoms. The third-order valence-corrected chi connectivity index (χ3v) is 3.20. The number of imidazole rings is 1. The number of aliphatic carboxylic acids is 1. The van der Waals surface area contributed by atoms with Gasteiger partial charge in [-0.3, -0.25) is 0 Å². The van der Waals surface area contributed by atoms with Crippen molar-refractivity contribution in [2.75, 3.05) is 6.54 Å². The molecule has 0 saturated carbocycles.